The summed E-state index contributed by atoms with van der Waals surface area (Å²) in [5, 5.41) is 13.1. The molecule has 6 nitrogen and oxygen atoms in total. The Labute approximate surface area is 124 Å². The fourth-order valence-electron chi connectivity index (χ4n) is 2.61. The van der Waals surface area contributed by atoms with Gasteiger partial charge in [-0.2, -0.15) is 0 Å². The van der Waals surface area contributed by atoms with Crippen molar-refractivity contribution < 1.29 is 14.7 Å². The van der Waals surface area contributed by atoms with Crippen LogP contribution < -0.4 is 5.32 Å². The van der Waals surface area contributed by atoms with Gasteiger partial charge in [-0.05, 0) is 31.4 Å². The van der Waals surface area contributed by atoms with Crippen molar-refractivity contribution in [3.05, 3.63) is 30.1 Å². The van der Waals surface area contributed by atoms with E-state index in [1.54, 1.807) is 36.3 Å². The second kappa shape index (κ2) is 6.67. The van der Waals surface area contributed by atoms with Gasteiger partial charge >= 0.3 is 0 Å². The lowest BCUT2D eigenvalue weighted by molar-refractivity contribution is -0.122. The Bertz CT molecular complexity index is 506. The van der Waals surface area contributed by atoms with Crippen LogP contribution in [0.15, 0.2) is 24.4 Å². The van der Waals surface area contributed by atoms with Crippen LogP contribution in [-0.2, 0) is 4.79 Å². The van der Waals surface area contributed by atoms with Gasteiger partial charge in [-0.3, -0.25) is 14.6 Å². The number of nitrogens with one attached hydrogen (secondary N) is 1. The van der Waals surface area contributed by atoms with Gasteiger partial charge in [0.15, 0.2) is 0 Å². The van der Waals surface area contributed by atoms with E-state index in [4.69, 9.17) is 0 Å². The molecular weight excluding hydrogens is 270 g/mol. The van der Waals surface area contributed by atoms with Crippen LogP contribution in [0, 0.1) is 0 Å². The molecule has 2 amide bonds. The third kappa shape index (κ3) is 4.01. The molecule has 0 radical (unpaired) electrons. The van der Waals surface area contributed by atoms with Gasteiger partial charge in [-0.15, -0.1) is 0 Å². The minimum atomic E-state index is -0.991. The average molecular weight is 291 g/mol. The van der Waals surface area contributed by atoms with Crippen LogP contribution in [0.3, 0.4) is 0 Å². The summed E-state index contributed by atoms with van der Waals surface area (Å²) in [6, 6.07) is 5.19. The Morgan fingerprint density at radius 3 is 2.95 bits per heavy atom. The topological polar surface area (TPSA) is 82.5 Å². The van der Waals surface area contributed by atoms with Crippen LogP contribution in [0.25, 0.3) is 0 Å². The molecule has 2 N–H and O–H groups in total. The lowest BCUT2D eigenvalue weighted by Gasteiger charge is -2.39. The maximum atomic E-state index is 12.4. The van der Waals surface area contributed by atoms with E-state index < -0.39 is 5.60 Å². The summed E-state index contributed by atoms with van der Waals surface area (Å²) < 4.78 is 0. The van der Waals surface area contributed by atoms with E-state index in [9.17, 15) is 14.7 Å². The van der Waals surface area contributed by atoms with E-state index in [2.05, 4.69) is 10.3 Å². The zero-order valence-corrected chi connectivity index (χ0v) is 12.2. The summed E-state index contributed by atoms with van der Waals surface area (Å²) in [4.78, 5) is 29.3. The zero-order chi connectivity index (χ0) is 15.3. The Hall–Kier alpha value is -1.95. The van der Waals surface area contributed by atoms with Crippen molar-refractivity contribution in [2.45, 2.75) is 31.3 Å². The summed E-state index contributed by atoms with van der Waals surface area (Å²) >= 11 is 0. The number of hydrogen-bond acceptors (Lipinski definition) is 4. The van der Waals surface area contributed by atoms with Gasteiger partial charge in [0.05, 0.1) is 5.60 Å². The first-order valence-corrected chi connectivity index (χ1v) is 7.17. The number of aromatic nitrogens is 1. The highest BCUT2D eigenvalue weighted by Gasteiger charge is 2.35. The number of carbonyl (C=O) groups is 2. The standard InChI is InChI=1S/C15H21N3O3/c1-16-13(19)6-8-15(21)7-4-10-18(11-15)14(20)12-5-2-3-9-17-12/h2-3,5,9,21H,4,6-8,10-11H2,1H3,(H,16,19)/t15-/m1/s1. The number of likely N-dealkylation sites (tertiary alicyclic amines) is 1. The highest BCUT2D eigenvalue weighted by Crippen LogP contribution is 2.26. The number of piperidine rings is 1. The lowest BCUT2D eigenvalue weighted by Crippen LogP contribution is -2.50. The number of amides is 2. The smallest absolute Gasteiger partial charge is 0.272 e. The van der Waals surface area contributed by atoms with E-state index in [-0.39, 0.29) is 24.8 Å². The van der Waals surface area contributed by atoms with Crippen molar-refractivity contribution >= 4 is 11.8 Å². The average Bonchev–Trinajstić information content (AvgIpc) is 2.53. The number of nitrogens with zero attached hydrogens (tertiary/aromatic N) is 2. The minimum Gasteiger partial charge on any atom is -0.388 e. The predicted octanol–water partition coefficient (Wildman–Crippen LogP) is 0.575. The monoisotopic (exact) mass is 291 g/mol. The Morgan fingerprint density at radius 2 is 2.29 bits per heavy atom. The highest BCUT2D eigenvalue weighted by molar-refractivity contribution is 5.92. The Balaban J connectivity index is 2.00. The number of hydrogen-bond donors (Lipinski definition) is 2. The number of carbonyl (C=O) groups excluding carboxylic acids is 2. The van der Waals surface area contributed by atoms with Crippen molar-refractivity contribution in [2.75, 3.05) is 20.1 Å². The second-order valence-corrected chi connectivity index (χ2v) is 5.44. The lowest BCUT2D eigenvalue weighted by atomic mass is 9.88. The van der Waals surface area contributed by atoms with Crippen LogP contribution >= 0.6 is 0 Å². The van der Waals surface area contributed by atoms with E-state index in [1.165, 1.54) is 0 Å². The van der Waals surface area contributed by atoms with Crippen LogP contribution in [-0.4, -0.2) is 52.5 Å². The quantitative estimate of drug-likeness (QED) is 0.850. The van der Waals surface area contributed by atoms with Gasteiger partial charge in [0, 0.05) is 32.8 Å². The fraction of sp³-hybridized carbons (Fsp3) is 0.533. The van der Waals surface area contributed by atoms with Gasteiger partial charge in [0.25, 0.3) is 5.91 Å². The van der Waals surface area contributed by atoms with Crippen molar-refractivity contribution in [2.24, 2.45) is 0 Å². The molecule has 1 aromatic rings. The summed E-state index contributed by atoms with van der Waals surface area (Å²) in [5.74, 6) is -0.273. The van der Waals surface area contributed by atoms with E-state index in [0.29, 0.717) is 25.1 Å². The van der Waals surface area contributed by atoms with E-state index in [1.807, 2.05) is 0 Å². The second-order valence-electron chi connectivity index (χ2n) is 5.44. The first kappa shape index (κ1) is 15.4. The third-order valence-electron chi connectivity index (χ3n) is 3.82. The molecule has 21 heavy (non-hydrogen) atoms. The maximum absolute atomic E-state index is 12.4. The molecular formula is C15H21N3O3. The maximum Gasteiger partial charge on any atom is 0.272 e. The summed E-state index contributed by atoms with van der Waals surface area (Å²) in [7, 11) is 1.57. The van der Waals surface area contributed by atoms with Gasteiger partial charge in [-0.1, -0.05) is 6.07 Å². The van der Waals surface area contributed by atoms with Crippen molar-refractivity contribution in [1.29, 1.82) is 0 Å². The minimum absolute atomic E-state index is 0.100. The molecule has 2 rings (SSSR count). The van der Waals surface area contributed by atoms with Crippen LogP contribution in [0.4, 0.5) is 0 Å². The molecule has 114 valence electrons. The molecule has 1 atom stereocenters. The van der Waals surface area contributed by atoms with Crippen LogP contribution in [0.1, 0.15) is 36.2 Å². The summed E-state index contributed by atoms with van der Waals surface area (Å²) in [6.07, 6.45) is 3.53. The molecule has 1 fully saturated rings. The van der Waals surface area contributed by atoms with Gasteiger partial charge in [0.1, 0.15) is 5.69 Å². The van der Waals surface area contributed by atoms with Crippen molar-refractivity contribution in [1.82, 2.24) is 15.2 Å². The van der Waals surface area contributed by atoms with Crippen LogP contribution in [0.2, 0.25) is 0 Å². The molecule has 1 aliphatic heterocycles. The first-order valence-electron chi connectivity index (χ1n) is 7.17. The summed E-state index contributed by atoms with van der Waals surface area (Å²) in [6.45, 7) is 0.858. The first-order chi connectivity index (χ1) is 10.0. The van der Waals surface area contributed by atoms with Crippen molar-refractivity contribution in [3.63, 3.8) is 0 Å². The third-order valence-corrected chi connectivity index (χ3v) is 3.82. The van der Waals surface area contributed by atoms with Gasteiger partial charge in [-0.25, -0.2) is 0 Å². The molecule has 0 aliphatic carbocycles. The van der Waals surface area contributed by atoms with E-state index in [0.717, 1.165) is 6.42 Å². The summed E-state index contributed by atoms with van der Waals surface area (Å²) in [5.41, 5.74) is -0.608. The van der Waals surface area contributed by atoms with Crippen LogP contribution in [0.5, 0.6) is 0 Å². The van der Waals surface area contributed by atoms with E-state index >= 15 is 0 Å². The molecule has 2 heterocycles. The van der Waals surface area contributed by atoms with Gasteiger partial charge in [0.2, 0.25) is 5.91 Å². The molecule has 0 saturated carbocycles. The molecule has 1 saturated heterocycles. The Morgan fingerprint density at radius 1 is 1.48 bits per heavy atom. The Kier molecular flexibility index (Phi) is 4.90. The molecule has 0 aromatic carbocycles. The molecule has 6 heteroatoms. The normalized spacial score (nSPS) is 21.9. The number of pyridine rings is 1. The number of β-amino-alcohol motifs (C(OH)–C–C–N with tert-alkyl or cyclic N) is 1. The van der Waals surface area contributed by atoms with Gasteiger partial charge < -0.3 is 15.3 Å². The molecule has 1 aromatic heterocycles. The van der Waals surface area contributed by atoms with Crippen molar-refractivity contribution in [3.8, 4) is 0 Å². The molecule has 0 spiro atoms. The number of rotatable bonds is 4. The molecule has 0 unspecified atom stereocenters. The zero-order valence-electron chi connectivity index (χ0n) is 12.2. The molecule has 1 aliphatic rings. The molecule has 0 bridgehead atoms. The highest BCUT2D eigenvalue weighted by atomic mass is 16.3. The SMILES string of the molecule is CNC(=O)CC[C@]1(O)CCCN(C(=O)c2ccccn2)C1. The number of aliphatic hydroxyl groups is 1. The fourth-order valence-corrected chi connectivity index (χ4v) is 2.61. The largest absolute Gasteiger partial charge is 0.388 e. The predicted molar refractivity (Wildman–Crippen MR) is 77.6 cm³/mol.